The molecule has 1 unspecified atom stereocenters. The fourth-order valence-corrected chi connectivity index (χ4v) is 2.75. The largest absolute Gasteiger partial charge is 0.466 e. The fraction of sp³-hybridized carbons (Fsp3) is 0.562. The highest BCUT2D eigenvalue weighted by Gasteiger charge is 2.26. The van der Waals surface area contributed by atoms with E-state index >= 15 is 0 Å². The molecule has 3 rings (SSSR count). The van der Waals surface area contributed by atoms with Crippen LogP contribution in [-0.4, -0.2) is 38.9 Å². The van der Waals surface area contributed by atoms with Crippen LogP contribution in [0.25, 0.3) is 0 Å². The lowest BCUT2D eigenvalue weighted by molar-refractivity contribution is 0.0386. The van der Waals surface area contributed by atoms with Crippen LogP contribution in [-0.2, 0) is 25.1 Å². The summed E-state index contributed by atoms with van der Waals surface area (Å²) in [5.41, 5.74) is -1.12. The third kappa shape index (κ3) is 4.72. The Morgan fingerprint density at radius 3 is 3.00 bits per heavy atom. The zero-order valence-electron chi connectivity index (χ0n) is 14.5. The van der Waals surface area contributed by atoms with E-state index in [2.05, 4.69) is 30.4 Å². The van der Waals surface area contributed by atoms with Crippen LogP contribution >= 0.6 is 24.0 Å². The van der Waals surface area contributed by atoms with Gasteiger partial charge in [0.05, 0.1) is 12.8 Å². The number of hydrogen-bond donors (Lipinski definition) is 3. The number of hydrogen-bond acceptors (Lipinski definition) is 5. The molecule has 0 saturated heterocycles. The van der Waals surface area contributed by atoms with Crippen molar-refractivity contribution in [2.45, 2.75) is 45.4 Å². The van der Waals surface area contributed by atoms with Gasteiger partial charge >= 0.3 is 0 Å². The van der Waals surface area contributed by atoms with Crippen molar-refractivity contribution in [3.63, 3.8) is 0 Å². The van der Waals surface area contributed by atoms with Crippen molar-refractivity contribution in [1.29, 1.82) is 0 Å². The van der Waals surface area contributed by atoms with Crippen LogP contribution in [0, 0.1) is 0 Å². The van der Waals surface area contributed by atoms with E-state index in [1.165, 1.54) is 0 Å². The van der Waals surface area contributed by atoms with Crippen molar-refractivity contribution in [2.24, 2.45) is 4.99 Å². The van der Waals surface area contributed by atoms with Gasteiger partial charge in [0.15, 0.2) is 11.8 Å². The molecule has 1 aliphatic rings. The predicted molar refractivity (Wildman–Crippen MR) is 105 cm³/mol. The Hall–Kier alpha value is -1.62. The molecule has 2 aromatic heterocycles. The zero-order valence-corrected chi connectivity index (χ0v) is 16.9. The first kappa shape index (κ1) is 19.7. The van der Waals surface area contributed by atoms with Gasteiger partial charge in [-0.3, -0.25) is 0 Å². The van der Waals surface area contributed by atoms with Gasteiger partial charge in [0, 0.05) is 19.5 Å². The average molecular weight is 460 g/mol. The third-order valence-electron chi connectivity index (χ3n) is 4.06. The van der Waals surface area contributed by atoms with Crippen LogP contribution in [0.5, 0.6) is 0 Å². The molecular formula is C16H25IN6O2. The molecule has 1 atom stereocenters. The SMILES string of the molecule is CCNC(=NCc1nnc2n1CCC2)NCC(C)(O)c1ccco1.I. The molecule has 8 nitrogen and oxygen atoms in total. The van der Waals surface area contributed by atoms with Gasteiger partial charge in [0.1, 0.15) is 23.7 Å². The van der Waals surface area contributed by atoms with Gasteiger partial charge in [-0.15, -0.1) is 34.2 Å². The highest BCUT2D eigenvalue weighted by molar-refractivity contribution is 14.0. The van der Waals surface area contributed by atoms with Crippen LogP contribution in [0.3, 0.4) is 0 Å². The van der Waals surface area contributed by atoms with E-state index in [1.54, 1.807) is 25.3 Å². The van der Waals surface area contributed by atoms with Crippen molar-refractivity contribution < 1.29 is 9.52 Å². The molecule has 0 spiro atoms. The smallest absolute Gasteiger partial charge is 0.191 e. The van der Waals surface area contributed by atoms with E-state index in [4.69, 9.17) is 4.42 Å². The van der Waals surface area contributed by atoms with E-state index in [1.807, 2.05) is 6.92 Å². The normalized spacial score (nSPS) is 16.0. The number of nitrogens with one attached hydrogen (secondary N) is 2. The minimum Gasteiger partial charge on any atom is -0.466 e. The van der Waals surface area contributed by atoms with Crippen LogP contribution in [0.4, 0.5) is 0 Å². The van der Waals surface area contributed by atoms with Crippen LogP contribution < -0.4 is 10.6 Å². The Labute approximate surface area is 164 Å². The summed E-state index contributed by atoms with van der Waals surface area (Å²) in [6, 6.07) is 3.51. The quantitative estimate of drug-likeness (QED) is 0.343. The molecule has 0 amide bonds. The Kier molecular flexibility index (Phi) is 6.82. The van der Waals surface area contributed by atoms with Crippen molar-refractivity contribution in [2.75, 3.05) is 13.1 Å². The number of fused-ring (bicyclic) bond motifs is 1. The summed E-state index contributed by atoms with van der Waals surface area (Å²) in [6.45, 7) is 6.12. The monoisotopic (exact) mass is 460 g/mol. The number of aryl methyl sites for hydroxylation is 1. The molecule has 0 saturated carbocycles. The molecule has 0 aromatic carbocycles. The van der Waals surface area contributed by atoms with Crippen LogP contribution in [0.1, 0.15) is 37.7 Å². The molecule has 3 N–H and O–H groups in total. The molecule has 25 heavy (non-hydrogen) atoms. The van der Waals surface area contributed by atoms with E-state index in [-0.39, 0.29) is 30.5 Å². The van der Waals surface area contributed by atoms with Gasteiger partial charge in [0.2, 0.25) is 0 Å². The molecule has 2 aromatic rings. The first-order chi connectivity index (χ1) is 11.6. The molecule has 1 aliphatic heterocycles. The standard InChI is InChI=1S/C16H24N6O2.HI/c1-3-17-15(19-11-16(2,23)12-6-5-9-24-12)18-10-14-21-20-13-7-4-8-22(13)14;/h5-6,9,23H,3-4,7-8,10-11H2,1-2H3,(H2,17,18,19);1H. The lowest BCUT2D eigenvalue weighted by atomic mass is 10.0. The topological polar surface area (TPSA) is 100 Å². The molecule has 0 aliphatic carbocycles. The molecule has 9 heteroatoms. The van der Waals surface area contributed by atoms with E-state index in [0.29, 0.717) is 18.3 Å². The number of nitrogens with zero attached hydrogens (tertiary/aromatic N) is 4. The second-order valence-corrected chi connectivity index (χ2v) is 6.09. The molecule has 0 radical (unpaired) electrons. The molecule has 0 fully saturated rings. The maximum Gasteiger partial charge on any atom is 0.191 e. The van der Waals surface area contributed by atoms with Gasteiger partial charge in [-0.1, -0.05) is 0 Å². The van der Waals surface area contributed by atoms with Gasteiger partial charge in [-0.25, -0.2) is 4.99 Å². The minimum absolute atomic E-state index is 0. The van der Waals surface area contributed by atoms with E-state index < -0.39 is 5.60 Å². The number of halogens is 1. The summed E-state index contributed by atoms with van der Waals surface area (Å²) in [6.07, 6.45) is 3.65. The lowest BCUT2D eigenvalue weighted by Gasteiger charge is -2.22. The Balaban J connectivity index is 0.00000225. The number of guanidine groups is 1. The number of aromatic nitrogens is 3. The van der Waals surface area contributed by atoms with Crippen molar-refractivity contribution in [3.05, 3.63) is 35.8 Å². The lowest BCUT2D eigenvalue weighted by Crippen LogP contribution is -2.44. The van der Waals surface area contributed by atoms with Crippen LogP contribution in [0.15, 0.2) is 27.8 Å². The predicted octanol–water partition coefficient (Wildman–Crippen LogP) is 1.40. The number of aliphatic hydroxyl groups is 1. The Bertz CT molecular complexity index is 696. The number of rotatable bonds is 6. The van der Waals surface area contributed by atoms with Crippen molar-refractivity contribution in [3.8, 4) is 0 Å². The average Bonchev–Trinajstić information content (AvgIpc) is 3.28. The summed E-state index contributed by atoms with van der Waals surface area (Å²) in [4.78, 5) is 4.55. The second kappa shape index (κ2) is 8.65. The molecule has 138 valence electrons. The number of aliphatic imine (C=N–C) groups is 1. The molecule has 0 bridgehead atoms. The maximum absolute atomic E-state index is 10.5. The minimum atomic E-state index is -1.12. The highest BCUT2D eigenvalue weighted by atomic mass is 127. The van der Waals surface area contributed by atoms with Gasteiger partial charge in [-0.05, 0) is 32.4 Å². The molecule has 3 heterocycles. The summed E-state index contributed by atoms with van der Waals surface area (Å²) in [7, 11) is 0. The zero-order chi connectivity index (χ0) is 17.0. The fourth-order valence-electron chi connectivity index (χ4n) is 2.75. The molecular weight excluding hydrogens is 435 g/mol. The van der Waals surface area contributed by atoms with Crippen molar-refractivity contribution in [1.82, 2.24) is 25.4 Å². The van der Waals surface area contributed by atoms with E-state index in [0.717, 1.165) is 37.6 Å². The van der Waals surface area contributed by atoms with Gasteiger partial charge in [-0.2, -0.15) is 0 Å². The maximum atomic E-state index is 10.5. The third-order valence-corrected chi connectivity index (χ3v) is 4.06. The first-order valence-corrected chi connectivity index (χ1v) is 8.29. The van der Waals surface area contributed by atoms with Crippen molar-refractivity contribution >= 4 is 29.9 Å². The Morgan fingerprint density at radius 2 is 2.28 bits per heavy atom. The van der Waals surface area contributed by atoms with Crippen LogP contribution in [0.2, 0.25) is 0 Å². The number of furan rings is 1. The highest BCUT2D eigenvalue weighted by Crippen LogP contribution is 2.19. The summed E-state index contributed by atoms with van der Waals surface area (Å²) >= 11 is 0. The second-order valence-electron chi connectivity index (χ2n) is 6.09. The van der Waals surface area contributed by atoms with E-state index in [9.17, 15) is 5.11 Å². The summed E-state index contributed by atoms with van der Waals surface area (Å²) in [5, 5.41) is 25.2. The Morgan fingerprint density at radius 1 is 1.44 bits per heavy atom. The summed E-state index contributed by atoms with van der Waals surface area (Å²) < 4.78 is 7.42. The first-order valence-electron chi connectivity index (χ1n) is 8.29. The van der Waals surface area contributed by atoms with Gasteiger partial charge < -0.3 is 24.7 Å². The van der Waals surface area contributed by atoms with Gasteiger partial charge in [0.25, 0.3) is 0 Å². The summed E-state index contributed by atoms with van der Waals surface area (Å²) in [5.74, 6) is 3.05.